The van der Waals surface area contributed by atoms with Crippen LogP contribution in [0.15, 0.2) is 48.5 Å². The molecule has 27 heavy (non-hydrogen) atoms. The first-order valence-electron chi connectivity index (χ1n) is 8.78. The molecule has 2 aromatic rings. The number of hydrogen-bond donors (Lipinski definition) is 2. The number of methoxy groups -OCH3 is 1. The van der Waals surface area contributed by atoms with Crippen molar-refractivity contribution >= 4 is 5.91 Å². The van der Waals surface area contributed by atoms with Crippen LogP contribution in [0.2, 0.25) is 0 Å². The van der Waals surface area contributed by atoms with Crippen molar-refractivity contribution in [3.05, 3.63) is 54.1 Å². The van der Waals surface area contributed by atoms with Gasteiger partial charge in [0.05, 0.1) is 26.4 Å². The van der Waals surface area contributed by atoms with Gasteiger partial charge in [-0.05, 0) is 48.5 Å². The van der Waals surface area contributed by atoms with E-state index < -0.39 is 6.10 Å². The maximum Gasteiger partial charge on any atom is 0.251 e. The first-order valence-corrected chi connectivity index (χ1v) is 8.78. The standard InChI is InChI=1S/C20H21NO6/c1-24-13-6-8-15(9-7-13)27-14-4-2-12(3-5-14)20(23)21-16-10-25-19-17(22)11-26-18(16)19/h2-9,16-19,22H,10-11H2,1H3,(H,21,23)/t16-,17-,18+,19+/m0/s1. The number of amides is 1. The van der Waals surface area contributed by atoms with E-state index in [0.717, 1.165) is 5.75 Å². The van der Waals surface area contributed by atoms with Gasteiger partial charge in [0.1, 0.15) is 35.6 Å². The smallest absolute Gasteiger partial charge is 0.251 e. The molecule has 2 saturated heterocycles. The van der Waals surface area contributed by atoms with Crippen molar-refractivity contribution < 1.29 is 28.8 Å². The van der Waals surface area contributed by atoms with Crippen LogP contribution in [-0.4, -0.2) is 55.7 Å². The number of carbonyl (C=O) groups is 1. The summed E-state index contributed by atoms with van der Waals surface area (Å²) < 4.78 is 21.9. The number of carbonyl (C=O) groups excluding carboxylic acids is 1. The summed E-state index contributed by atoms with van der Waals surface area (Å²) in [7, 11) is 1.61. The molecule has 0 radical (unpaired) electrons. The van der Waals surface area contributed by atoms with Gasteiger partial charge in [-0.25, -0.2) is 0 Å². The monoisotopic (exact) mass is 371 g/mol. The summed E-state index contributed by atoms with van der Waals surface area (Å²) in [6.45, 7) is 0.565. The van der Waals surface area contributed by atoms with Crippen molar-refractivity contribution in [2.24, 2.45) is 0 Å². The Hall–Kier alpha value is -2.61. The van der Waals surface area contributed by atoms with Gasteiger partial charge < -0.3 is 29.4 Å². The molecule has 0 bridgehead atoms. The third-order valence-corrected chi connectivity index (χ3v) is 4.76. The second kappa shape index (κ2) is 7.56. The molecule has 2 aliphatic rings. The number of nitrogens with one attached hydrogen (secondary N) is 1. The summed E-state index contributed by atoms with van der Waals surface area (Å²) in [4.78, 5) is 12.5. The molecule has 1 amide bonds. The van der Waals surface area contributed by atoms with E-state index in [1.54, 1.807) is 31.4 Å². The van der Waals surface area contributed by atoms with Crippen LogP contribution < -0.4 is 14.8 Å². The Morgan fingerprint density at radius 3 is 2.22 bits per heavy atom. The van der Waals surface area contributed by atoms with Gasteiger partial charge >= 0.3 is 0 Å². The number of hydrogen-bond acceptors (Lipinski definition) is 6. The van der Waals surface area contributed by atoms with Gasteiger partial charge in [-0.15, -0.1) is 0 Å². The average Bonchev–Trinajstić information content (AvgIpc) is 3.26. The molecular weight excluding hydrogens is 350 g/mol. The van der Waals surface area contributed by atoms with Crippen LogP contribution in [0.1, 0.15) is 10.4 Å². The molecule has 2 N–H and O–H groups in total. The highest BCUT2D eigenvalue weighted by Crippen LogP contribution is 2.27. The number of ether oxygens (including phenoxy) is 4. The van der Waals surface area contributed by atoms with Gasteiger partial charge in [0.2, 0.25) is 0 Å². The number of benzene rings is 2. The predicted molar refractivity (Wildman–Crippen MR) is 96.3 cm³/mol. The zero-order valence-corrected chi connectivity index (χ0v) is 14.8. The highest BCUT2D eigenvalue weighted by atomic mass is 16.6. The van der Waals surface area contributed by atoms with Crippen molar-refractivity contribution in [3.63, 3.8) is 0 Å². The van der Waals surface area contributed by atoms with Gasteiger partial charge in [0.15, 0.2) is 0 Å². The van der Waals surface area contributed by atoms with Gasteiger partial charge in [0, 0.05) is 5.56 Å². The maximum absolute atomic E-state index is 12.5. The highest BCUT2D eigenvalue weighted by Gasteiger charge is 2.47. The Kier molecular flexibility index (Phi) is 4.98. The van der Waals surface area contributed by atoms with Crippen LogP contribution in [-0.2, 0) is 9.47 Å². The lowest BCUT2D eigenvalue weighted by Gasteiger charge is -2.17. The Morgan fingerprint density at radius 1 is 0.963 bits per heavy atom. The Bertz CT molecular complexity index is 791. The van der Waals surface area contributed by atoms with Crippen LogP contribution in [0.3, 0.4) is 0 Å². The second-order valence-corrected chi connectivity index (χ2v) is 6.55. The van der Waals surface area contributed by atoms with Gasteiger partial charge in [0.25, 0.3) is 5.91 Å². The molecule has 0 unspecified atom stereocenters. The van der Waals surface area contributed by atoms with Crippen molar-refractivity contribution in [2.75, 3.05) is 20.3 Å². The molecule has 7 nitrogen and oxygen atoms in total. The predicted octanol–water partition coefficient (Wildman–Crippen LogP) is 1.74. The van der Waals surface area contributed by atoms with E-state index in [4.69, 9.17) is 18.9 Å². The first kappa shape index (κ1) is 17.8. The summed E-state index contributed by atoms with van der Waals surface area (Å²) in [6, 6.07) is 13.9. The number of fused-ring (bicyclic) bond motifs is 1. The Morgan fingerprint density at radius 2 is 1.56 bits per heavy atom. The molecule has 0 saturated carbocycles. The van der Waals surface area contributed by atoms with Crippen LogP contribution in [0, 0.1) is 0 Å². The van der Waals surface area contributed by atoms with Crippen molar-refractivity contribution in [1.29, 1.82) is 0 Å². The topological polar surface area (TPSA) is 86.3 Å². The lowest BCUT2D eigenvalue weighted by molar-refractivity contribution is 0.0178. The van der Waals surface area contributed by atoms with E-state index in [2.05, 4.69) is 5.32 Å². The SMILES string of the molecule is COc1ccc(Oc2ccc(C(=O)N[C@H]3CO[C@H]4[C@@H]3OC[C@@H]4O)cc2)cc1. The molecule has 2 aromatic carbocycles. The Balaban J connectivity index is 1.36. The number of aliphatic hydroxyl groups is 1. The highest BCUT2D eigenvalue weighted by molar-refractivity contribution is 5.94. The molecule has 4 rings (SSSR count). The van der Waals surface area contributed by atoms with E-state index in [-0.39, 0.29) is 30.8 Å². The molecular formula is C20H21NO6. The van der Waals surface area contributed by atoms with Crippen molar-refractivity contribution in [2.45, 2.75) is 24.4 Å². The normalized spacial score (nSPS) is 26.4. The summed E-state index contributed by atoms with van der Waals surface area (Å²) in [6.07, 6.45) is -1.30. The second-order valence-electron chi connectivity index (χ2n) is 6.55. The molecule has 0 spiro atoms. The molecule has 142 valence electrons. The van der Waals surface area contributed by atoms with Gasteiger partial charge in [-0.3, -0.25) is 4.79 Å². The van der Waals surface area contributed by atoms with E-state index >= 15 is 0 Å². The minimum atomic E-state index is -0.633. The fourth-order valence-electron chi connectivity index (χ4n) is 3.31. The largest absolute Gasteiger partial charge is 0.497 e. The van der Waals surface area contributed by atoms with E-state index in [9.17, 15) is 9.90 Å². The van der Waals surface area contributed by atoms with Crippen LogP contribution in [0.25, 0.3) is 0 Å². The molecule has 0 aliphatic carbocycles. The zero-order valence-electron chi connectivity index (χ0n) is 14.8. The van der Waals surface area contributed by atoms with Gasteiger partial charge in [-0.1, -0.05) is 0 Å². The quantitative estimate of drug-likeness (QED) is 0.833. The van der Waals surface area contributed by atoms with E-state index in [0.29, 0.717) is 23.7 Å². The molecule has 2 aliphatic heterocycles. The van der Waals surface area contributed by atoms with Crippen molar-refractivity contribution in [1.82, 2.24) is 5.32 Å². The fraction of sp³-hybridized carbons (Fsp3) is 0.350. The summed E-state index contributed by atoms with van der Waals surface area (Å²) in [5.74, 6) is 1.85. The zero-order chi connectivity index (χ0) is 18.8. The third-order valence-electron chi connectivity index (χ3n) is 4.76. The molecule has 2 fully saturated rings. The van der Waals surface area contributed by atoms with E-state index in [1.807, 2.05) is 24.3 Å². The minimum Gasteiger partial charge on any atom is -0.497 e. The van der Waals surface area contributed by atoms with Crippen LogP contribution >= 0.6 is 0 Å². The third kappa shape index (κ3) is 3.75. The molecule has 2 heterocycles. The Labute approximate surface area is 156 Å². The number of aliphatic hydroxyl groups excluding tert-OH is 1. The molecule has 0 aromatic heterocycles. The van der Waals surface area contributed by atoms with Crippen LogP contribution in [0.5, 0.6) is 17.2 Å². The molecule has 7 heteroatoms. The lowest BCUT2D eigenvalue weighted by atomic mass is 10.1. The summed E-state index contributed by atoms with van der Waals surface area (Å²) >= 11 is 0. The lowest BCUT2D eigenvalue weighted by Crippen LogP contribution is -2.44. The van der Waals surface area contributed by atoms with E-state index in [1.165, 1.54) is 0 Å². The van der Waals surface area contributed by atoms with Crippen LogP contribution in [0.4, 0.5) is 0 Å². The van der Waals surface area contributed by atoms with Crippen molar-refractivity contribution in [3.8, 4) is 17.2 Å². The summed E-state index contributed by atoms with van der Waals surface area (Å²) in [5, 5.41) is 12.7. The minimum absolute atomic E-state index is 0.217. The number of rotatable bonds is 5. The first-order chi connectivity index (χ1) is 13.1. The maximum atomic E-state index is 12.5. The molecule has 4 atom stereocenters. The fourth-order valence-corrected chi connectivity index (χ4v) is 3.31. The average molecular weight is 371 g/mol. The summed E-state index contributed by atoms with van der Waals surface area (Å²) in [5.41, 5.74) is 0.513. The van der Waals surface area contributed by atoms with Gasteiger partial charge in [-0.2, -0.15) is 0 Å².